The number of ether oxygens (including phenoxy) is 1. The molecular weight excluding hydrogens is 364 g/mol. The van der Waals surface area contributed by atoms with Crippen molar-refractivity contribution in [3.63, 3.8) is 0 Å². The molecule has 1 unspecified atom stereocenters. The Labute approximate surface area is 141 Å². The number of rotatable bonds is 4. The van der Waals surface area contributed by atoms with Gasteiger partial charge in [-0.25, -0.2) is 4.98 Å². The van der Waals surface area contributed by atoms with Gasteiger partial charge in [0, 0.05) is 10.7 Å². The molecule has 2 amide bonds. The van der Waals surface area contributed by atoms with E-state index in [4.69, 9.17) is 4.74 Å². The molecule has 2 aromatic rings. The average molecular weight is 379 g/mol. The summed E-state index contributed by atoms with van der Waals surface area (Å²) in [6.07, 6.45) is 2.02. The molecule has 0 saturated carbocycles. The lowest BCUT2D eigenvalue weighted by molar-refractivity contribution is -0.128. The van der Waals surface area contributed by atoms with Gasteiger partial charge in [-0.15, -0.1) is 0 Å². The van der Waals surface area contributed by atoms with Gasteiger partial charge in [-0.2, -0.15) is 0 Å². The summed E-state index contributed by atoms with van der Waals surface area (Å²) in [5.74, 6) is -0.503. The number of hydrogen-bond acceptors (Lipinski definition) is 5. The maximum Gasteiger partial charge on any atom is 0.289 e. The second-order valence-corrected chi connectivity index (χ2v) is 5.62. The summed E-state index contributed by atoms with van der Waals surface area (Å²) in [5.41, 5.74) is 5.36. The Morgan fingerprint density at radius 3 is 2.65 bits per heavy atom. The summed E-state index contributed by atoms with van der Waals surface area (Å²) in [7, 11) is 0. The summed E-state index contributed by atoms with van der Waals surface area (Å²) in [5, 5.41) is 0. The molecule has 0 aliphatic carbocycles. The molecule has 8 heteroatoms. The minimum Gasteiger partial charge on any atom is -0.481 e. The number of amides is 2. The second kappa shape index (κ2) is 7.68. The third kappa shape index (κ3) is 5.03. The number of nitrogens with one attached hydrogen (secondary N) is 2. The Morgan fingerprint density at radius 1 is 1.22 bits per heavy atom. The standard InChI is InChI=1S/C15H15BrN4O3/c1-9-7-18-13(8-17-9)15(22)20-19-14(21)10(2)23-12-5-3-4-11(16)6-12/h3-8,10H,1-2H3,(H,19,21)(H,20,22). The van der Waals surface area contributed by atoms with E-state index in [9.17, 15) is 9.59 Å². The van der Waals surface area contributed by atoms with Gasteiger partial charge in [-0.05, 0) is 32.0 Å². The van der Waals surface area contributed by atoms with E-state index in [1.165, 1.54) is 12.4 Å². The zero-order valence-electron chi connectivity index (χ0n) is 12.5. The fourth-order valence-corrected chi connectivity index (χ4v) is 1.97. The lowest BCUT2D eigenvalue weighted by atomic mass is 10.3. The third-order valence-corrected chi connectivity index (χ3v) is 3.28. The Morgan fingerprint density at radius 2 is 2.00 bits per heavy atom. The van der Waals surface area contributed by atoms with Gasteiger partial charge in [-0.1, -0.05) is 22.0 Å². The molecule has 2 N–H and O–H groups in total. The minimum atomic E-state index is -0.784. The first-order valence-corrected chi connectivity index (χ1v) is 7.56. The van der Waals surface area contributed by atoms with E-state index in [0.29, 0.717) is 11.4 Å². The van der Waals surface area contributed by atoms with Gasteiger partial charge in [0.2, 0.25) is 0 Å². The van der Waals surface area contributed by atoms with Crippen LogP contribution in [0.2, 0.25) is 0 Å². The Balaban J connectivity index is 1.86. The monoisotopic (exact) mass is 378 g/mol. The highest BCUT2D eigenvalue weighted by Crippen LogP contribution is 2.18. The van der Waals surface area contributed by atoms with Gasteiger partial charge < -0.3 is 4.74 Å². The summed E-state index contributed by atoms with van der Waals surface area (Å²) in [6.45, 7) is 3.34. The molecule has 1 aromatic heterocycles. The zero-order valence-corrected chi connectivity index (χ0v) is 14.1. The second-order valence-electron chi connectivity index (χ2n) is 4.70. The van der Waals surface area contributed by atoms with Crippen molar-refractivity contribution in [1.29, 1.82) is 0 Å². The summed E-state index contributed by atoms with van der Waals surface area (Å²) in [4.78, 5) is 31.6. The molecule has 120 valence electrons. The van der Waals surface area contributed by atoms with E-state index in [-0.39, 0.29) is 5.69 Å². The number of aryl methyl sites for hydroxylation is 1. The lowest BCUT2D eigenvalue weighted by Gasteiger charge is -2.15. The average Bonchev–Trinajstić information content (AvgIpc) is 2.53. The van der Waals surface area contributed by atoms with E-state index in [1.54, 1.807) is 32.0 Å². The van der Waals surface area contributed by atoms with E-state index in [2.05, 4.69) is 36.7 Å². The van der Waals surface area contributed by atoms with Crippen LogP contribution in [-0.4, -0.2) is 27.9 Å². The number of hydrogen-bond donors (Lipinski definition) is 2. The van der Waals surface area contributed by atoms with E-state index >= 15 is 0 Å². The highest BCUT2D eigenvalue weighted by molar-refractivity contribution is 9.10. The summed E-state index contributed by atoms with van der Waals surface area (Å²) >= 11 is 3.32. The molecule has 0 radical (unpaired) electrons. The van der Waals surface area contributed by atoms with Gasteiger partial charge in [0.1, 0.15) is 11.4 Å². The minimum absolute atomic E-state index is 0.108. The fraction of sp³-hybridized carbons (Fsp3) is 0.200. The summed E-state index contributed by atoms with van der Waals surface area (Å²) < 4.78 is 6.33. The number of halogens is 1. The molecule has 0 aliphatic heterocycles. The Kier molecular flexibility index (Phi) is 5.64. The molecular formula is C15H15BrN4O3. The zero-order chi connectivity index (χ0) is 16.8. The first kappa shape index (κ1) is 16.9. The highest BCUT2D eigenvalue weighted by atomic mass is 79.9. The van der Waals surface area contributed by atoms with Crippen LogP contribution in [0.5, 0.6) is 5.75 Å². The molecule has 2 rings (SSSR count). The third-order valence-electron chi connectivity index (χ3n) is 2.79. The SMILES string of the molecule is Cc1cnc(C(=O)NNC(=O)C(C)Oc2cccc(Br)c2)cn1. The molecule has 0 aliphatic rings. The van der Waals surface area contributed by atoms with Crippen LogP contribution in [0.1, 0.15) is 23.1 Å². The molecule has 1 atom stereocenters. The quantitative estimate of drug-likeness (QED) is 0.790. The van der Waals surface area contributed by atoms with Crippen LogP contribution in [0.4, 0.5) is 0 Å². The molecule has 23 heavy (non-hydrogen) atoms. The van der Waals surface area contributed by atoms with Crippen molar-refractivity contribution in [1.82, 2.24) is 20.8 Å². The molecule has 0 saturated heterocycles. The van der Waals surface area contributed by atoms with Crippen LogP contribution in [0.15, 0.2) is 41.1 Å². The molecule has 1 heterocycles. The molecule has 0 fully saturated rings. The van der Waals surface area contributed by atoms with Crippen LogP contribution < -0.4 is 15.6 Å². The van der Waals surface area contributed by atoms with Gasteiger partial charge in [0.15, 0.2) is 6.10 Å². The molecule has 1 aromatic carbocycles. The largest absolute Gasteiger partial charge is 0.481 e. The van der Waals surface area contributed by atoms with Crippen LogP contribution >= 0.6 is 15.9 Å². The lowest BCUT2D eigenvalue weighted by Crippen LogP contribution is -2.47. The van der Waals surface area contributed by atoms with Crippen LogP contribution in [-0.2, 0) is 4.79 Å². The van der Waals surface area contributed by atoms with E-state index in [0.717, 1.165) is 4.47 Å². The first-order chi connectivity index (χ1) is 11.0. The number of nitrogens with zero attached hydrogens (tertiary/aromatic N) is 2. The van der Waals surface area contributed by atoms with Gasteiger partial charge in [0.05, 0.1) is 11.9 Å². The van der Waals surface area contributed by atoms with E-state index in [1.807, 2.05) is 6.07 Å². The molecule has 7 nitrogen and oxygen atoms in total. The predicted octanol–water partition coefficient (Wildman–Crippen LogP) is 1.78. The van der Waals surface area contributed by atoms with Crippen molar-refractivity contribution in [3.8, 4) is 5.75 Å². The van der Waals surface area contributed by atoms with Gasteiger partial charge in [0.25, 0.3) is 11.8 Å². The van der Waals surface area contributed by atoms with E-state index < -0.39 is 17.9 Å². The summed E-state index contributed by atoms with van der Waals surface area (Å²) in [6, 6.07) is 7.11. The Hall–Kier alpha value is -2.48. The van der Waals surface area contributed by atoms with Gasteiger partial charge in [-0.3, -0.25) is 25.4 Å². The van der Waals surface area contributed by atoms with Gasteiger partial charge >= 0.3 is 0 Å². The number of aromatic nitrogens is 2. The normalized spacial score (nSPS) is 11.4. The van der Waals surface area contributed by atoms with Crippen molar-refractivity contribution in [2.45, 2.75) is 20.0 Å². The highest BCUT2D eigenvalue weighted by Gasteiger charge is 2.16. The maximum atomic E-state index is 11.9. The number of carbonyl (C=O) groups is 2. The van der Waals surface area contributed by atoms with Crippen molar-refractivity contribution in [2.75, 3.05) is 0 Å². The van der Waals surface area contributed by atoms with Crippen molar-refractivity contribution in [2.24, 2.45) is 0 Å². The van der Waals surface area contributed by atoms with Crippen LogP contribution in [0, 0.1) is 6.92 Å². The smallest absolute Gasteiger partial charge is 0.289 e. The number of carbonyl (C=O) groups excluding carboxylic acids is 2. The van der Waals surface area contributed by atoms with Crippen molar-refractivity contribution < 1.29 is 14.3 Å². The topological polar surface area (TPSA) is 93.2 Å². The van der Waals surface area contributed by atoms with Crippen LogP contribution in [0.25, 0.3) is 0 Å². The predicted molar refractivity (Wildman–Crippen MR) is 86.6 cm³/mol. The maximum absolute atomic E-state index is 11.9. The van der Waals surface area contributed by atoms with Crippen LogP contribution in [0.3, 0.4) is 0 Å². The first-order valence-electron chi connectivity index (χ1n) is 6.77. The molecule has 0 bridgehead atoms. The molecule has 0 spiro atoms. The number of benzene rings is 1. The van der Waals surface area contributed by atoms with Crippen molar-refractivity contribution >= 4 is 27.7 Å². The van der Waals surface area contributed by atoms with Crippen molar-refractivity contribution in [3.05, 3.63) is 52.5 Å². The fourth-order valence-electron chi connectivity index (χ4n) is 1.59. The Bertz CT molecular complexity index is 706. The number of hydrazine groups is 1.